The highest BCUT2D eigenvalue weighted by Crippen LogP contribution is 2.35. The Hall–Kier alpha value is -3.40. The second-order valence-electron chi connectivity index (χ2n) is 7.40. The first kappa shape index (κ1) is 18.0. The number of aliphatic imine (C=N–C) groups is 1. The zero-order valence-corrected chi connectivity index (χ0v) is 16.1. The predicted octanol–water partition coefficient (Wildman–Crippen LogP) is 4.41. The van der Waals surface area contributed by atoms with Crippen molar-refractivity contribution in [3.63, 3.8) is 0 Å². The van der Waals surface area contributed by atoms with E-state index in [2.05, 4.69) is 53.5 Å². The molecule has 0 aliphatic carbocycles. The fourth-order valence-electron chi connectivity index (χ4n) is 3.59. The van der Waals surface area contributed by atoms with Gasteiger partial charge in [-0.3, -0.25) is 9.69 Å². The molecule has 0 aromatic heterocycles. The number of benzene rings is 3. The molecule has 4 heteroatoms. The van der Waals surface area contributed by atoms with Crippen LogP contribution in [0.1, 0.15) is 18.9 Å². The first-order valence-electron chi connectivity index (χ1n) is 9.34. The van der Waals surface area contributed by atoms with E-state index in [4.69, 9.17) is 5.73 Å². The van der Waals surface area contributed by atoms with E-state index in [0.717, 1.165) is 16.7 Å². The molecule has 1 unspecified atom stereocenters. The number of carbonyl (C=O) groups excluding carboxylic acids is 1. The highest BCUT2D eigenvalue weighted by molar-refractivity contribution is 5.98. The minimum Gasteiger partial charge on any atom is -0.369 e. The molecular formula is C24H23N3O. The van der Waals surface area contributed by atoms with Crippen molar-refractivity contribution in [2.24, 2.45) is 10.7 Å². The maximum atomic E-state index is 12.3. The van der Waals surface area contributed by atoms with Crippen LogP contribution < -0.4 is 5.73 Å². The molecule has 140 valence electrons. The van der Waals surface area contributed by atoms with Crippen LogP contribution >= 0.6 is 0 Å². The molecule has 1 aliphatic rings. The number of guanidine groups is 1. The highest BCUT2D eigenvalue weighted by atomic mass is 16.2. The average molecular weight is 369 g/mol. The lowest BCUT2D eigenvalue weighted by Gasteiger charge is -2.33. The van der Waals surface area contributed by atoms with Crippen molar-refractivity contribution in [3.05, 3.63) is 84.4 Å². The highest BCUT2D eigenvalue weighted by Gasteiger charge is 2.36. The fraction of sp³-hybridized carbons (Fsp3) is 0.167. The van der Waals surface area contributed by atoms with Gasteiger partial charge >= 0.3 is 0 Å². The zero-order valence-electron chi connectivity index (χ0n) is 16.1. The van der Waals surface area contributed by atoms with Gasteiger partial charge in [0.05, 0.1) is 12.0 Å². The van der Waals surface area contributed by atoms with Gasteiger partial charge in [-0.2, -0.15) is 0 Å². The SMILES string of the molecule is CN1C(=O)CC(C)(c2cccc(-c3ccc(-c4ccccc4)cc3)c2)N=C1N. The summed E-state index contributed by atoms with van der Waals surface area (Å²) < 4.78 is 0. The van der Waals surface area contributed by atoms with Crippen molar-refractivity contribution >= 4 is 11.9 Å². The zero-order chi connectivity index (χ0) is 19.7. The van der Waals surface area contributed by atoms with Crippen molar-refractivity contribution in [1.82, 2.24) is 4.90 Å². The van der Waals surface area contributed by atoms with E-state index in [1.807, 2.05) is 37.3 Å². The van der Waals surface area contributed by atoms with Crippen molar-refractivity contribution in [2.45, 2.75) is 18.9 Å². The van der Waals surface area contributed by atoms with Gasteiger partial charge in [0.25, 0.3) is 0 Å². The fourth-order valence-corrected chi connectivity index (χ4v) is 3.59. The predicted molar refractivity (Wildman–Crippen MR) is 114 cm³/mol. The first-order valence-corrected chi connectivity index (χ1v) is 9.34. The summed E-state index contributed by atoms with van der Waals surface area (Å²) in [7, 11) is 1.66. The summed E-state index contributed by atoms with van der Waals surface area (Å²) in [5, 5.41) is 0. The summed E-state index contributed by atoms with van der Waals surface area (Å²) in [6.07, 6.45) is 0.306. The van der Waals surface area contributed by atoms with Gasteiger partial charge in [-0.25, -0.2) is 4.99 Å². The summed E-state index contributed by atoms with van der Waals surface area (Å²) in [6.45, 7) is 1.96. The van der Waals surface area contributed by atoms with Crippen LogP contribution in [0.5, 0.6) is 0 Å². The molecule has 1 aliphatic heterocycles. The normalized spacial score (nSPS) is 19.4. The lowest BCUT2D eigenvalue weighted by molar-refractivity contribution is -0.128. The number of hydrogen-bond donors (Lipinski definition) is 1. The van der Waals surface area contributed by atoms with Gasteiger partial charge in [-0.15, -0.1) is 0 Å². The molecule has 0 fully saturated rings. The van der Waals surface area contributed by atoms with E-state index < -0.39 is 5.54 Å². The Morgan fingerprint density at radius 1 is 0.857 bits per heavy atom. The standard InChI is InChI=1S/C24H23N3O/c1-24(16-22(28)27(2)23(25)26-24)21-10-6-9-20(15-21)19-13-11-18(12-14-19)17-7-4-3-5-8-17/h3-15H,16H2,1-2H3,(H2,25,26). The van der Waals surface area contributed by atoms with Gasteiger partial charge in [0.2, 0.25) is 5.91 Å². The summed E-state index contributed by atoms with van der Waals surface area (Å²) in [6, 6.07) is 27.0. The van der Waals surface area contributed by atoms with Gasteiger partial charge in [-0.05, 0) is 40.8 Å². The molecule has 0 saturated heterocycles. The molecule has 0 radical (unpaired) electrons. The molecule has 3 aromatic rings. The third-order valence-corrected chi connectivity index (χ3v) is 5.38. The van der Waals surface area contributed by atoms with Crippen molar-refractivity contribution in [3.8, 4) is 22.3 Å². The van der Waals surface area contributed by atoms with Gasteiger partial charge in [0, 0.05) is 7.05 Å². The summed E-state index contributed by atoms with van der Waals surface area (Å²) in [5.74, 6) is 0.240. The topological polar surface area (TPSA) is 58.7 Å². The van der Waals surface area contributed by atoms with E-state index >= 15 is 0 Å². The molecule has 28 heavy (non-hydrogen) atoms. The van der Waals surface area contributed by atoms with Crippen LogP contribution in [0.2, 0.25) is 0 Å². The number of nitrogens with two attached hydrogens (primary N) is 1. The Labute approximate surface area is 165 Å². The number of rotatable bonds is 3. The van der Waals surface area contributed by atoms with Crippen molar-refractivity contribution in [2.75, 3.05) is 7.05 Å². The van der Waals surface area contributed by atoms with Gasteiger partial charge in [0.1, 0.15) is 0 Å². The second-order valence-corrected chi connectivity index (χ2v) is 7.40. The Morgan fingerprint density at radius 3 is 2.07 bits per heavy atom. The summed E-state index contributed by atoms with van der Waals surface area (Å²) in [5.41, 5.74) is 10.9. The third-order valence-electron chi connectivity index (χ3n) is 5.38. The molecule has 3 aromatic carbocycles. The Morgan fingerprint density at radius 2 is 1.43 bits per heavy atom. The van der Waals surface area contributed by atoms with Crippen molar-refractivity contribution < 1.29 is 4.79 Å². The number of amides is 1. The second kappa shape index (κ2) is 6.97. The maximum Gasteiger partial charge on any atom is 0.231 e. The first-order chi connectivity index (χ1) is 13.5. The molecule has 4 nitrogen and oxygen atoms in total. The van der Waals surface area contributed by atoms with E-state index in [1.165, 1.54) is 16.0 Å². The van der Waals surface area contributed by atoms with Crippen LogP contribution in [0, 0.1) is 0 Å². The minimum atomic E-state index is -0.645. The Kier molecular flexibility index (Phi) is 4.47. The molecular weight excluding hydrogens is 346 g/mol. The third kappa shape index (κ3) is 3.29. The largest absolute Gasteiger partial charge is 0.369 e. The molecule has 2 N–H and O–H groups in total. The van der Waals surface area contributed by atoms with E-state index in [9.17, 15) is 4.79 Å². The summed E-state index contributed by atoms with van der Waals surface area (Å²) in [4.78, 5) is 18.3. The van der Waals surface area contributed by atoms with Crippen LogP contribution in [0.25, 0.3) is 22.3 Å². The number of nitrogens with zero attached hydrogens (tertiary/aromatic N) is 2. The maximum absolute atomic E-state index is 12.3. The van der Waals surface area contributed by atoms with Crippen molar-refractivity contribution in [1.29, 1.82) is 0 Å². The molecule has 4 rings (SSSR count). The van der Waals surface area contributed by atoms with Gasteiger partial charge < -0.3 is 5.73 Å². The molecule has 1 heterocycles. The monoisotopic (exact) mass is 369 g/mol. The average Bonchev–Trinajstić information content (AvgIpc) is 2.73. The Balaban J connectivity index is 1.67. The van der Waals surface area contributed by atoms with Gasteiger partial charge in [0.15, 0.2) is 5.96 Å². The quantitative estimate of drug-likeness (QED) is 0.743. The molecule has 0 spiro atoms. The lowest BCUT2D eigenvalue weighted by atomic mass is 9.86. The van der Waals surface area contributed by atoms with Crippen LogP contribution in [0.3, 0.4) is 0 Å². The Bertz CT molecular complexity index is 1040. The molecule has 0 saturated carbocycles. The van der Waals surface area contributed by atoms with E-state index in [0.29, 0.717) is 6.42 Å². The smallest absolute Gasteiger partial charge is 0.231 e. The van der Waals surface area contributed by atoms with Crippen LogP contribution in [-0.2, 0) is 10.3 Å². The number of carbonyl (C=O) groups is 1. The molecule has 0 bridgehead atoms. The molecule has 1 amide bonds. The minimum absolute atomic E-state index is 0.0207. The van der Waals surface area contributed by atoms with Crippen LogP contribution in [-0.4, -0.2) is 23.8 Å². The van der Waals surface area contributed by atoms with Gasteiger partial charge in [-0.1, -0.05) is 72.8 Å². The lowest BCUT2D eigenvalue weighted by Crippen LogP contribution is -2.47. The van der Waals surface area contributed by atoms with Crippen LogP contribution in [0.4, 0.5) is 0 Å². The van der Waals surface area contributed by atoms with E-state index in [1.54, 1.807) is 7.05 Å². The number of hydrogen-bond acceptors (Lipinski definition) is 3. The molecule has 1 atom stereocenters. The van der Waals surface area contributed by atoms with Crippen LogP contribution in [0.15, 0.2) is 83.9 Å². The van der Waals surface area contributed by atoms with E-state index in [-0.39, 0.29) is 11.9 Å². The summed E-state index contributed by atoms with van der Waals surface area (Å²) >= 11 is 0.